The maximum absolute atomic E-state index is 12.3. The van der Waals surface area contributed by atoms with E-state index in [1.165, 1.54) is 23.1 Å². The van der Waals surface area contributed by atoms with E-state index < -0.39 is 0 Å². The summed E-state index contributed by atoms with van der Waals surface area (Å²) in [6, 6.07) is 4.63. The summed E-state index contributed by atoms with van der Waals surface area (Å²) in [6.07, 6.45) is 2.90. The van der Waals surface area contributed by atoms with Crippen molar-refractivity contribution in [3.05, 3.63) is 28.8 Å². The summed E-state index contributed by atoms with van der Waals surface area (Å²) in [5.41, 5.74) is 4.71. The molecule has 0 saturated carbocycles. The lowest BCUT2D eigenvalue weighted by atomic mass is 10.0. The van der Waals surface area contributed by atoms with E-state index in [0.29, 0.717) is 12.5 Å². The van der Waals surface area contributed by atoms with Crippen molar-refractivity contribution in [1.29, 1.82) is 0 Å². The largest absolute Gasteiger partial charge is 0.315 e. The van der Waals surface area contributed by atoms with E-state index in [-0.39, 0.29) is 5.91 Å². The second-order valence-electron chi connectivity index (χ2n) is 5.67. The molecule has 19 heavy (non-hydrogen) atoms. The smallest absolute Gasteiger partial charge is 0.228 e. The van der Waals surface area contributed by atoms with E-state index in [0.717, 1.165) is 18.7 Å². The van der Waals surface area contributed by atoms with Gasteiger partial charge in [0.25, 0.3) is 0 Å². The minimum absolute atomic E-state index is 0.200. The number of anilines is 1. The molecule has 1 aliphatic rings. The Bertz CT molecular complexity index is 476. The molecule has 1 aliphatic heterocycles. The third-order valence-corrected chi connectivity index (χ3v) is 4.13. The summed E-state index contributed by atoms with van der Waals surface area (Å²) in [5, 5.41) is 3.38. The molecule has 1 atom stereocenters. The molecule has 104 valence electrons. The van der Waals surface area contributed by atoms with Gasteiger partial charge in [-0.25, -0.2) is 0 Å². The Morgan fingerprint density at radius 1 is 1.26 bits per heavy atom. The van der Waals surface area contributed by atoms with Crippen LogP contribution in [-0.4, -0.2) is 25.5 Å². The standard InChI is InChI=1S/C16H24N2O/c1-11-8-13(3)15(9-12(11)2)18(4)16(19)10-14-6-5-7-17-14/h8-9,14,17H,5-7,10H2,1-4H3. The second-order valence-corrected chi connectivity index (χ2v) is 5.67. The molecule has 0 spiro atoms. The van der Waals surface area contributed by atoms with Gasteiger partial charge < -0.3 is 10.2 Å². The summed E-state index contributed by atoms with van der Waals surface area (Å²) in [4.78, 5) is 14.1. The number of carbonyl (C=O) groups excluding carboxylic acids is 1. The number of carbonyl (C=O) groups is 1. The molecule has 2 rings (SSSR count). The van der Waals surface area contributed by atoms with Gasteiger partial charge in [-0.1, -0.05) is 6.07 Å². The SMILES string of the molecule is Cc1cc(C)c(N(C)C(=O)CC2CCCN2)cc1C. The molecular weight excluding hydrogens is 236 g/mol. The van der Waals surface area contributed by atoms with Crippen LogP contribution in [0.4, 0.5) is 5.69 Å². The maximum Gasteiger partial charge on any atom is 0.228 e. The number of benzene rings is 1. The first kappa shape index (κ1) is 14.1. The van der Waals surface area contributed by atoms with E-state index in [2.05, 4.69) is 38.2 Å². The Labute approximate surface area is 116 Å². The molecule has 1 heterocycles. The Kier molecular flexibility index (Phi) is 4.25. The zero-order chi connectivity index (χ0) is 14.0. The van der Waals surface area contributed by atoms with E-state index in [1.807, 2.05) is 11.9 Å². The molecule has 1 N–H and O–H groups in total. The average molecular weight is 260 g/mol. The van der Waals surface area contributed by atoms with Crippen LogP contribution in [0.15, 0.2) is 12.1 Å². The molecule has 0 aliphatic carbocycles. The minimum Gasteiger partial charge on any atom is -0.315 e. The summed E-state index contributed by atoms with van der Waals surface area (Å²) in [7, 11) is 1.88. The maximum atomic E-state index is 12.3. The molecule has 0 aromatic heterocycles. The first-order valence-electron chi connectivity index (χ1n) is 7.07. The van der Waals surface area contributed by atoms with Gasteiger partial charge in [-0.15, -0.1) is 0 Å². The number of rotatable bonds is 3. The zero-order valence-corrected chi connectivity index (χ0v) is 12.4. The van der Waals surface area contributed by atoms with Gasteiger partial charge in [0.1, 0.15) is 0 Å². The quantitative estimate of drug-likeness (QED) is 0.906. The van der Waals surface area contributed by atoms with Crippen LogP contribution < -0.4 is 10.2 Å². The molecule has 1 aromatic carbocycles. The fourth-order valence-corrected chi connectivity index (χ4v) is 2.72. The van der Waals surface area contributed by atoms with E-state index in [4.69, 9.17) is 0 Å². The highest BCUT2D eigenvalue weighted by molar-refractivity contribution is 5.94. The van der Waals surface area contributed by atoms with E-state index in [9.17, 15) is 4.79 Å². The molecule has 3 nitrogen and oxygen atoms in total. The van der Waals surface area contributed by atoms with Crippen molar-refractivity contribution in [3.8, 4) is 0 Å². The van der Waals surface area contributed by atoms with Gasteiger partial charge in [-0.05, 0) is 62.9 Å². The predicted octanol–water partition coefficient (Wildman–Crippen LogP) is 2.72. The molecule has 1 unspecified atom stereocenters. The number of hydrogen-bond donors (Lipinski definition) is 1. The van der Waals surface area contributed by atoms with Crippen LogP contribution in [0.5, 0.6) is 0 Å². The highest BCUT2D eigenvalue weighted by Gasteiger charge is 2.21. The van der Waals surface area contributed by atoms with Gasteiger partial charge in [-0.3, -0.25) is 4.79 Å². The number of nitrogens with one attached hydrogen (secondary N) is 1. The van der Waals surface area contributed by atoms with Crippen LogP contribution in [0.3, 0.4) is 0 Å². The van der Waals surface area contributed by atoms with Gasteiger partial charge >= 0.3 is 0 Å². The monoisotopic (exact) mass is 260 g/mol. The Morgan fingerprint density at radius 2 is 1.95 bits per heavy atom. The van der Waals surface area contributed by atoms with Gasteiger partial charge in [0, 0.05) is 25.2 Å². The highest BCUT2D eigenvalue weighted by Crippen LogP contribution is 2.24. The molecule has 1 aromatic rings. The van der Waals surface area contributed by atoms with Crippen molar-refractivity contribution >= 4 is 11.6 Å². The number of amides is 1. The van der Waals surface area contributed by atoms with Crippen LogP contribution >= 0.6 is 0 Å². The lowest BCUT2D eigenvalue weighted by Gasteiger charge is -2.22. The van der Waals surface area contributed by atoms with Crippen molar-refractivity contribution in [3.63, 3.8) is 0 Å². The molecule has 0 radical (unpaired) electrons. The minimum atomic E-state index is 0.200. The Hall–Kier alpha value is -1.35. The van der Waals surface area contributed by atoms with Crippen molar-refractivity contribution in [2.45, 2.75) is 46.1 Å². The van der Waals surface area contributed by atoms with Crippen molar-refractivity contribution in [1.82, 2.24) is 5.32 Å². The van der Waals surface area contributed by atoms with Gasteiger partial charge in [0.15, 0.2) is 0 Å². The van der Waals surface area contributed by atoms with Crippen LogP contribution in [0.1, 0.15) is 36.0 Å². The first-order valence-corrected chi connectivity index (χ1v) is 7.07. The first-order chi connectivity index (χ1) is 8.99. The number of hydrogen-bond acceptors (Lipinski definition) is 2. The second kappa shape index (κ2) is 5.74. The average Bonchev–Trinajstić information content (AvgIpc) is 2.85. The lowest BCUT2D eigenvalue weighted by molar-refractivity contribution is -0.118. The molecule has 0 bridgehead atoms. The number of aryl methyl sites for hydroxylation is 3. The summed E-state index contributed by atoms with van der Waals surface area (Å²) < 4.78 is 0. The Morgan fingerprint density at radius 3 is 2.58 bits per heavy atom. The topological polar surface area (TPSA) is 32.3 Å². The van der Waals surface area contributed by atoms with Crippen molar-refractivity contribution in [2.24, 2.45) is 0 Å². The van der Waals surface area contributed by atoms with Crippen molar-refractivity contribution in [2.75, 3.05) is 18.5 Å². The number of nitrogens with zero attached hydrogens (tertiary/aromatic N) is 1. The fourth-order valence-electron chi connectivity index (χ4n) is 2.72. The van der Waals surface area contributed by atoms with Crippen LogP contribution in [0, 0.1) is 20.8 Å². The molecule has 1 amide bonds. The third kappa shape index (κ3) is 3.16. The van der Waals surface area contributed by atoms with Gasteiger partial charge in [0.05, 0.1) is 0 Å². The lowest BCUT2D eigenvalue weighted by Crippen LogP contribution is -2.33. The van der Waals surface area contributed by atoms with Crippen LogP contribution in [-0.2, 0) is 4.79 Å². The van der Waals surface area contributed by atoms with Gasteiger partial charge in [0.2, 0.25) is 5.91 Å². The highest BCUT2D eigenvalue weighted by atomic mass is 16.2. The van der Waals surface area contributed by atoms with Crippen molar-refractivity contribution < 1.29 is 4.79 Å². The predicted molar refractivity (Wildman–Crippen MR) is 79.7 cm³/mol. The summed E-state index contributed by atoms with van der Waals surface area (Å²) >= 11 is 0. The third-order valence-electron chi connectivity index (χ3n) is 4.13. The zero-order valence-electron chi connectivity index (χ0n) is 12.4. The van der Waals surface area contributed by atoms with Gasteiger partial charge in [-0.2, -0.15) is 0 Å². The van der Waals surface area contributed by atoms with Crippen LogP contribution in [0.25, 0.3) is 0 Å². The van der Waals surface area contributed by atoms with E-state index >= 15 is 0 Å². The normalized spacial score (nSPS) is 18.6. The van der Waals surface area contributed by atoms with E-state index in [1.54, 1.807) is 0 Å². The molecule has 3 heteroatoms. The summed E-state index contributed by atoms with van der Waals surface area (Å²) in [6.45, 7) is 7.31. The summed E-state index contributed by atoms with van der Waals surface area (Å²) in [5.74, 6) is 0.200. The Balaban J connectivity index is 2.11. The molecule has 1 saturated heterocycles. The molecule has 1 fully saturated rings. The van der Waals surface area contributed by atoms with Crippen LogP contribution in [0.2, 0.25) is 0 Å². The fraction of sp³-hybridized carbons (Fsp3) is 0.562. The molecular formula is C16H24N2O.